The average Bonchev–Trinajstić information content (AvgIpc) is 2.90. The molecule has 0 radical (unpaired) electrons. The molecular weight excluding hydrogens is 302 g/mol. The summed E-state index contributed by atoms with van der Waals surface area (Å²) in [5.41, 5.74) is 3.26. The third kappa shape index (κ3) is 2.67. The van der Waals surface area contributed by atoms with Crippen LogP contribution < -0.4 is 4.74 Å². The Morgan fingerprint density at radius 3 is 2.82 bits per heavy atom. The number of hydrogen-bond donors (Lipinski definition) is 0. The Morgan fingerprint density at radius 1 is 1.27 bits per heavy atom. The number of para-hydroxylation sites is 1. The van der Waals surface area contributed by atoms with Gasteiger partial charge in [-0.2, -0.15) is 4.68 Å². The second-order valence-corrected chi connectivity index (χ2v) is 5.47. The van der Waals surface area contributed by atoms with Gasteiger partial charge in [0, 0.05) is 0 Å². The van der Waals surface area contributed by atoms with Crippen molar-refractivity contribution in [1.29, 1.82) is 0 Å². The number of carbonyl (C=O) groups is 1. The van der Waals surface area contributed by atoms with E-state index in [0.29, 0.717) is 21.8 Å². The quantitative estimate of drug-likeness (QED) is 0.743. The zero-order valence-corrected chi connectivity index (χ0v) is 13.0. The van der Waals surface area contributed by atoms with E-state index in [-0.39, 0.29) is 12.5 Å². The minimum atomic E-state index is -0.301. The van der Waals surface area contributed by atoms with Crippen LogP contribution in [0.3, 0.4) is 0 Å². The predicted molar refractivity (Wildman–Crippen MR) is 84.6 cm³/mol. The summed E-state index contributed by atoms with van der Waals surface area (Å²) in [4.78, 5) is 12.3. The fraction of sp³-hybridized carbons (Fsp3) is 0.188. The molecule has 0 aliphatic rings. The van der Waals surface area contributed by atoms with Gasteiger partial charge < -0.3 is 4.74 Å². The molecule has 0 amide bonds. The normalized spacial score (nSPS) is 10.9. The Labute approximate surface area is 132 Å². The number of aryl methyl sites for hydroxylation is 2. The third-order valence-electron chi connectivity index (χ3n) is 3.30. The second-order valence-electron chi connectivity index (χ2n) is 5.07. The molecule has 0 saturated carbocycles. The van der Waals surface area contributed by atoms with Crippen LogP contribution in [0, 0.1) is 13.8 Å². The van der Waals surface area contributed by atoms with E-state index in [4.69, 9.17) is 16.3 Å². The number of carbonyl (C=O) groups excluding carboxylic acids is 1. The molecule has 0 atom stereocenters. The van der Waals surface area contributed by atoms with Crippen molar-refractivity contribution in [2.24, 2.45) is 0 Å². The van der Waals surface area contributed by atoms with E-state index in [0.717, 1.165) is 11.1 Å². The SMILES string of the molecule is Cc1cc(C)c(OCC(=O)n2nnc3ccccc32)c(Cl)c1. The zero-order valence-electron chi connectivity index (χ0n) is 12.2. The number of aromatic nitrogens is 3. The molecule has 0 saturated heterocycles. The van der Waals surface area contributed by atoms with Gasteiger partial charge in [-0.15, -0.1) is 5.10 Å². The lowest BCUT2D eigenvalue weighted by Crippen LogP contribution is -2.20. The van der Waals surface area contributed by atoms with Gasteiger partial charge in [0.1, 0.15) is 11.3 Å². The van der Waals surface area contributed by atoms with Gasteiger partial charge in [0.25, 0.3) is 5.91 Å². The average molecular weight is 316 g/mol. The first-order chi connectivity index (χ1) is 10.6. The first kappa shape index (κ1) is 14.5. The Morgan fingerprint density at radius 2 is 2.05 bits per heavy atom. The summed E-state index contributed by atoms with van der Waals surface area (Å²) < 4.78 is 6.83. The van der Waals surface area contributed by atoms with Crippen LogP contribution >= 0.6 is 11.6 Å². The lowest BCUT2D eigenvalue weighted by molar-refractivity contribution is 0.0824. The van der Waals surface area contributed by atoms with E-state index in [1.54, 1.807) is 18.2 Å². The van der Waals surface area contributed by atoms with Crippen molar-refractivity contribution in [3.63, 3.8) is 0 Å². The minimum absolute atomic E-state index is 0.156. The van der Waals surface area contributed by atoms with Crippen LogP contribution in [0.15, 0.2) is 36.4 Å². The summed E-state index contributed by atoms with van der Waals surface area (Å²) in [5.74, 6) is 0.217. The molecule has 0 aliphatic carbocycles. The Bertz CT molecular complexity index is 834. The van der Waals surface area contributed by atoms with Crippen molar-refractivity contribution in [3.05, 3.63) is 52.5 Å². The molecule has 0 N–H and O–H groups in total. The van der Waals surface area contributed by atoms with E-state index in [9.17, 15) is 4.79 Å². The maximum atomic E-state index is 12.3. The van der Waals surface area contributed by atoms with Crippen LogP contribution in [0.25, 0.3) is 11.0 Å². The number of fused-ring (bicyclic) bond motifs is 1. The molecule has 0 unspecified atom stereocenters. The molecule has 3 aromatic rings. The number of nitrogens with zero attached hydrogens (tertiary/aromatic N) is 3. The molecule has 22 heavy (non-hydrogen) atoms. The summed E-state index contributed by atoms with van der Waals surface area (Å²) in [5, 5.41) is 8.32. The Hall–Kier alpha value is -2.40. The smallest absolute Gasteiger partial charge is 0.286 e. The highest BCUT2D eigenvalue weighted by atomic mass is 35.5. The van der Waals surface area contributed by atoms with Gasteiger partial charge in [0.2, 0.25) is 0 Å². The zero-order chi connectivity index (χ0) is 15.7. The summed E-state index contributed by atoms with van der Waals surface area (Å²) in [6, 6.07) is 11.0. The minimum Gasteiger partial charge on any atom is -0.482 e. The van der Waals surface area contributed by atoms with E-state index in [2.05, 4.69) is 10.3 Å². The molecule has 0 aliphatic heterocycles. The van der Waals surface area contributed by atoms with Crippen LogP contribution in [0.1, 0.15) is 15.9 Å². The first-order valence-corrected chi connectivity index (χ1v) is 7.17. The molecule has 6 heteroatoms. The van der Waals surface area contributed by atoms with Crippen molar-refractivity contribution >= 4 is 28.5 Å². The highest BCUT2D eigenvalue weighted by molar-refractivity contribution is 6.32. The number of hydrogen-bond acceptors (Lipinski definition) is 4. The molecule has 5 nitrogen and oxygen atoms in total. The number of ether oxygens (including phenoxy) is 1. The van der Waals surface area contributed by atoms with E-state index in [1.165, 1.54) is 4.68 Å². The van der Waals surface area contributed by atoms with Gasteiger partial charge in [-0.05, 0) is 43.2 Å². The summed E-state index contributed by atoms with van der Waals surface area (Å²) in [6.45, 7) is 3.69. The van der Waals surface area contributed by atoms with Gasteiger partial charge in [0.15, 0.2) is 6.61 Å². The Kier molecular flexibility index (Phi) is 3.81. The van der Waals surface area contributed by atoms with E-state index < -0.39 is 0 Å². The fourth-order valence-electron chi connectivity index (χ4n) is 2.33. The summed E-state index contributed by atoms with van der Waals surface area (Å²) in [7, 11) is 0. The number of rotatable bonds is 3. The van der Waals surface area contributed by atoms with Crippen molar-refractivity contribution < 1.29 is 9.53 Å². The molecule has 0 spiro atoms. The molecule has 0 bridgehead atoms. The van der Waals surface area contributed by atoms with Crippen LogP contribution in [0.2, 0.25) is 5.02 Å². The molecule has 0 fully saturated rings. The van der Waals surface area contributed by atoms with Gasteiger partial charge in [-0.25, -0.2) is 0 Å². The van der Waals surface area contributed by atoms with Gasteiger partial charge >= 0.3 is 0 Å². The molecule has 2 aromatic carbocycles. The summed E-state index contributed by atoms with van der Waals surface area (Å²) in [6.07, 6.45) is 0. The van der Waals surface area contributed by atoms with Gasteiger partial charge in [-0.1, -0.05) is 35.0 Å². The molecule has 3 rings (SSSR count). The van der Waals surface area contributed by atoms with E-state index in [1.807, 2.05) is 32.0 Å². The van der Waals surface area contributed by atoms with Crippen LogP contribution in [0.4, 0.5) is 0 Å². The first-order valence-electron chi connectivity index (χ1n) is 6.79. The van der Waals surface area contributed by atoms with Crippen LogP contribution in [-0.2, 0) is 0 Å². The van der Waals surface area contributed by atoms with Gasteiger partial charge in [0.05, 0.1) is 10.5 Å². The summed E-state index contributed by atoms with van der Waals surface area (Å²) >= 11 is 6.17. The van der Waals surface area contributed by atoms with Crippen LogP contribution in [0.5, 0.6) is 5.75 Å². The Balaban J connectivity index is 1.81. The third-order valence-corrected chi connectivity index (χ3v) is 3.58. The van der Waals surface area contributed by atoms with Crippen molar-refractivity contribution in [2.45, 2.75) is 13.8 Å². The maximum absolute atomic E-state index is 12.3. The molecule has 1 aromatic heterocycles. The monoisotopic (exact) mass is 315 g/mol. The number of benzene rings is 2. The molecular formula is C16H14ClN3O2. The lowest BCUT2D eigenvalue weighted by atomic mass is 10.1. The van der Waals surface area contributed by atoms with Crippen molar-refractivity contribution in [2.75, 3.05) is 6.61 Å². The maximum Gasteiger partial charge on any atom is 0.286 e. The predicted octanol–water partition coefficient (Wildman–Crippen LogP) is 3.42. The number of halogens is 1. The second kappa shape index (κ2) is 5.77. The molecule has 112 valence electrons. The highest BCUT2D eigenvalue weighted by Gasteiger charge is 2.14. The van der Waals surface area contributed by atoms with Crippen molar-refractivity contribution in [1.82, 2.24) is 15.0 Å². The van der Waals surface area contributed by atoms with E-state index >= 15 is 0 Å². The van der Waals surface area contributed by atoms with Crippen molar-refractivity contribution in [3.8, 4) is 5.75 Å². The van der Waals surface area contributed by atoms with Gasteiger partial charge in [-0.3, -0.25) is 4.79 Å². The fourth-order valence-corrected chi connectivity index (χ4v) is 2.71. The van der Waals surface area contributed by atoms with Crippen LogP contribution in [-0.4, -0.2) is 27.5 Å². The lowest BCUT2D eigenvalue weighted by Gasteiger charge is -2.11. The largest absolute Gasteiger partial charge is 0.482 e. The highest BCUT2D eigenvalue weighted by Crippen LogP contribution is 2.29. The molecule has 1 heterocycles. The standard InChI is InChI=1S/C16H14ClN3O2/c1-10-7-11(2)16(12(17)8-10)22-9-15(21)20-14-6-4-3-5-13(14)18-19-20/h3-8H,9H2,1-2H3. The topological polar surface area (TPSA) is 57.0 Å².